The molecule has 2 aromatic heterocycles. The van der Waals surface area contributed by atoms with Crippen LogP contribution in [0.25, 0.3) is 21.8 Å². The smallest absolute Gasteiger partial charge is 0.227 e. The van der Waals surface area contributed by atoms with E-state index in [4.69, 9.17) is 19.4 Å². The fraction of sp³-hybridized carbons (Fsp3) is 0.387. The SMILES string of the molecule is CCNc1nc(-c2cc(C)cc(OC)c2)c(-c2ccnc(Nc3ccc(OCCNC4CCCCC4)c(F)c3)n2)s1. The molecular formula is C31H37FN6O2S. The normalized spacial score (nSPS) is 13.7. The Balaban J connectivity index is 1.30. The number of hydrogen-bond acceptors (Lipinski definition) is 9. The predicted octanol–water partition coefficient (Wildman–Crippen LogP) is 7.20. The van der Waals surface area contributed by atoms with Crippen LogP contribution in [0.3, 0.4) is 0 Å². The van der Waals surface area contributed by atoms with E-state index in [0.717, 1.165) is 39.1 Å². The van der Waals surface area contributed by atoms with Crippen molar-refractivity contribution in [1.29, 1.82) is 0 Å². The van der Waals surface area contributed by atoms with Crippen LogP contribution in [-0.2, 0) is 0 Å². The molecule has 1 aliphatic carbocycles. The van der Waals surface area contributed by atoms with Gasteiger partial charge >= 0.3 is 0 Å². The molecule has 0 spiro atoms. The van der Waals surface area contributed by atoms with Crippen LogP contribution in [0.5, 0.6) is 11.5 Å². The number of methoxy groups -OCH3 is 1. The van der Waals surface area contributed by atoms with Crippen molar-refractivity contribution in [2.24, 2.45) is 0 Å². The fourth-order valence-corrected chi connectivity index (χ4v) is 6.04. The summed E-state index contributed by atoms with van der Waals surface area (Å²) < 4.78 is 26.0. The molecule has 3 N–H and O–H groups in total. The lowest BCUT2D eigenvalue weighted by Gasteiger charge is -2.22. The topological polar surface area (TPSA) is 93.2 Å². The maximum Gasteiger partial charge on any atom is 0.227 e. The third-order valence-electron chi connectivity index (χ3n) is 6.99. The van der Waals surface area contributed by atoms with Gasteiger partial charge in [-0.15, -0.1) is 0 Å². The number of aryl methyl sites for hydroxylation is 1. The molecule has 41 heavy (non-hydrogen) atoms. The van der Waals surface area contributed by atoms with Gasteiger partial charge in [-0.2, -0.15) is 0 Å². The van der Waals surface area contributed by atoms with Gasteiger partial charge < -0.3 is 25.4 Å². The molecule has 0 bridgehead atoms. The maximum atomic E-state index is 14.8. The highest BCUT2D eigenvalue weighted by Crippen LogP contribution is 2.40. The van der Waals surface area contributed by atoms with Gasteiger partial charge in [-0.1, -0.05) is 30.6 Å². The van der Waals surface area contributed by atoms with Crippen molar-refractivity contribution < 1.29 is 13.9 Å². The number of nitrogens with one attached hydrogen (secondary N) is 3. The molecule has 0 unspecified atom stereocenters. The van der Waals surface area contributed by atoms with E-state index >= 15 is 0 Å². The summed E-state index contributed by atoms with van der Waals surface area (Å²) in [5, 5.41) is 10.8. The molecule has 0 radical (unpaired) electrons. The molecule has 4 aromatic rings. The van der Waals surface area contributed by atoms with Crippen LogP contribution in [0.4, 0.5) is 21.2 Å². The van der Waals surface area contributed by atoms with Crippen molar-refractivity contribution in [2.45, 2.75) is 52.0 Å². The molecule has 216 valence electrons. The lowest BCUT2D eigenvalue weighted by atomic mass is 9.96. The van der Waals surface area contributed by atoms with E-state index in [1.807, 2.05) is 32.0 Å². The van der Waals surface area contributed by atoms with Gasteiger partial charge in [-0.05, 0) is 68.7 Å². The number of hydrogen-bond donors (Lipinski definition) is 3. The van der Waals surface area contributed by atoms with Crippen molar-refractivity contribution in [3.63, 3.8) is 0 Å². The van der Waals surface area contributed by atoms with Crippen LogP contribution < -0.4 is 25.4 Å². The van der Waals surface area contributed by atoms with E-state index < -0.39 is 5.82 Å². The number of rotatable bonds is 12. The van der Waals surface area contributed by atoms with E-state index in [1.165, 1.54) is 49.5 Å². The van der Waals surface area contributed by atoms with Gasteiger partial charge in [0.15, 0.2) is 16.7 Å². The Kier molecular flexibility index (Phi) is 9.63. The third-order valence-corrected chi connectivity index (χ3v) is 8.02. The van der Waals surface area contributed by atoms with Crippen molar-refractivity contribution >= 4 is 28.1 Å². The Morgan fingerprint density at radius 1 is 1.05 bits per heavy atom. The Labute approximate surface area is 244 Å². The van der Waals surface area contributed by atoms with E-state index in [1.54, 1.807) is 25.4 Å². The molecule has 0 saturated heterocycles. The van der Waals surface area contributed by atoms with Crippen molar-refractivity contribution in [2.75, 3.05) is 37.4 Å². The van der Waals surface area contributed by atoms with Crippen molar-refractivity contribution in [1.82, 2.24) is 20.3 Å². The zero-order valence-corrected chi connectivity index (χ0v) is 24.6. The average Bonchev–Trinajstić information content (AvgIpc) is 3.41. The Morgan fingerprint density at radius 3 is 2.68 bits per heavy atom. The first-order valence-electron chi connectivity index (χ1n) is 14.2. The molecule has 0 atom stereocenters. The number of aromatic nitrogens is 3. The van der Waals surface area contributed by atoms with Gasteiger partial charge in [-0.25, -0.2) is 19.3 Å². The van der Waals surface area contributed by atoms with Gasteiger partial charge in [0.25, 0.3) is 0 Å². The molecule has 2 heterocycles. The van der Waals surface area contributed by atoms with Gasteiger partial charge in [0.1, 0.15) is 12.4 Å². The Hall–Kier alpha value is -3.76. The lowest BCUT2D eigenvalue weighted by Crippen LogP contribution is -2.34. The molecule has 1 saturated carbocycles. The third kappa shape index (κ3) is 7.51. The number of nitrogens with zero attached hydrogens (tertiary/aromatic N) is 3. The molecule has 1 aliphatic rings. The standard InChI is InChI=1S/C31H37FN6O2S/c1-4-33-31-38-28(21-16-20(2)17-24(18-21)39-3)29(41-31)26-12-13-35-30(37-26)36-23-10-11-27(25(32)19-23)40-15-14-34-22-8-6-5-7-9-22/h10-13,16-19,22,34H,4-9,14-15H2,1-3H3,(H,33,38)(H,35,36,37). The Morgan fingerprint density at radius 2 is 1.90 bits per heavy atom. The van der Waals surface area contributed by atoms with Crippen LogP contribution in [0, 0.1) is 12.7 Å². The van der Waals surface area contributed by atoms with Crippen LogP contribution >= 0.6 is 11.3 Å². The second kappa shape index (κ2) is 13.7. The minimum absolute atomic E-state index is 0.231. The molecule has 1 fully saturated rings. The number of benzene rings is 2. The predicted molar refractivity (Wildman–Crippen MR) is 164 cm³/mol. The van der Waals surface area contributed by atoms with Crippen LogP contribution in [0.1, 0.15) is 44.6 Å². The molecule has 10 heteroatoms. The van der Waals surface area contributed by atoms with E-state index in [0.29, 0.717) is 36.5 Å². The second-order valence-corrected chi connectivity index (χ2v) is 11.1. The van der Waals surface area contributed by atoms with Crippen molar-refractivity contribution in [3.05, 3.63) is 60.0 Å². The molecule has 2 aromatic carbocycles. The highest BCUT2D eigenvalue weighted by molar-refractivity contribution is 7.19. The highest BCUT2D eigenvalue weighted by atomic mass is 32.1. The van der Waals surface area contributed by atoms with E-state index in [-0.39, 0.29) is 5.75 Å². The first kappa shape index (κ1) is 28.8. The Bertz CT molecular complexity index is 1460. The number of halogens is 1. The zero-order chi connectivity index (χ0) is 28.6. The maximum absolute atomic E-state index is 14.8. The van der Waals surface area contributed by atoms with E-state index in [9.17, 15) is 4.39 Å². The van der Waals surface area contributed by atoms with Gasteiger partial charge in [0, 0.05) is 42.6 Å². The lowest BCUT2D eigenvalue weighted by molar-refractivity contribution is 0.279. The average molecular weight is 577 g/mol. The number of thiazole rings is 1. The van der Waals surface area contributed by atoms with Gasteiger partial charge in [-0.3, -0.25) is 0 Å². The zero-order valence-electron chi connectivity index (χ0n) is 23.8. The second-order valence-electron chi connectivity index (χ2n) is 10.1. The minimum Gasteiger partial charge on any atom is -0.497 e. The number of ether oxygens (including phenoxy) is 2. The van der Waals surface area contributed by atoms with Gasteiger partial charge in [0.2, 0.25) is 5.95 Å². The van der Waals surface area contributed by atoms with Crippen molar-refractivity contribution in [3.8, 4) is 33.3 Å². The molecule has 5 rings (SSSR count). The van der Waals surface area contributed by atoms with Gasteiger partial charge in [0.05, 0.1) is 23.4 Å². The summed E-state index contributed by atoms with van der Waals surface area (Å²) in [5.41, 5.74) is 4.07. The van der Waals surface area contributed by atoms with Crippen LogP contribution in [-0.4, -0.2) is 47.8 Å². The monoisotopic (exact) mass is 576 g/mol. The summed E-state index contributed by atoms with van der Waals surface area (Å²) in [7, 11) is 1.66. The highest BCUT2D eigenvalue weighted by Gasteiger charge is 2.18. The van der Waals surface area contributed by atoms with Crippen LogP contribution in [0.2, 0.25) is 0 Å². The summed E-state index contributed by atoms with van der Waals surface area (Å²) >= 11 is 1.53. The summed E-state index contributed by atoms with van der Waals surface area (Å²) in [6, 6.07) is 13.2. The largest absolute Gasteiger partial charge is 0.497 e. The summed E-state index contributed by atoms with van der Waals surface area (Å²) in [6.45, 7) is 5.94. The molecule has 8 nitrogen and oxygen atoms in total. The fourth-order valence-electron chi connectivity index (χ4n) is 5.02. The van der Waals surface area contributed by atoms with E-state index in [2.05, 4.69) is 27.0 Å². The molecule has 0 aliphatic heterocycles. The molecule has 0 amide bonds. The number of anilines is 3. The summed E-state index contributed by atoms with van der Waals surface area (Å²) in [6.07, 6.45) is 7.98. The first-order chi connectivity index (χ1) is 20.0. The summed E-state index contributed by atoms with van der Waals surface area (Å²) in [4.78, 5) is 14.9. The van der Waals surface area contributed by atoms with Crippen LogP contribution in [0.15, 0.2) is 48.7 Å². The summed E-state index contributed by atoms with van der Waals surface area (Å²) in [5.74, 6) is 0.925. The molecular weight excluding hydrogens is 539 g/mol. The first-order valence-corrected chi connectivity index (χ1v) is 15.0. The quantitative estimate of drug-likeness (QED) is 0.153. The minimum atomic E-state index is -0.433.